The summed E-state index contributed by atoms with van der Waals surface area (Å²) in [5, 5.41) is 5.33. The maximum atomic E-state index is 12.2. The highest BCUT2D eigenvalue weighted by atomic mass is 35.5. The van der Waals surface area contributed by atoms with Gasteiger partial charge in [-0.2, -0.15) is 0 Å². The summed E-state index contributed by atoms with van der Waals surface area (Å²) in [6, 6.07) is 8.54. The minimum absolute atomic E-state index is 0.135. The molecule has 0 unspecified atom stereocenters. The Morgan fingerprint density at radius 2 is 1.79 bits per heavy atom. The summed E-state index contributed by atoms with van der Waals surface area (Å²) in [5.74, 6) is -0.829. The van der Waals surface area contributed by atoms with Crippen LogP contribution in [0.2, 0.25) is 0 Å². The standard InChI is InChI=1S/C17H18Cl2N2O3/c1-17(2,3)10-6-7-11(12(9-10)21-16(23)14(18)19)20-15(22)13-5-4-8-24-13/h4-9,14H,1-3H3,(H,20,22)(H,21,23). The number of furan rings is 1. The van der Waals surface area contributed by atoms with Gasteiger partial charge in [-0.05, 0) is 35.2 Å². The van der Waals surface area contributed by atoms with Crippen molar-refractivity contribution in [2.24, 2.45) is 0 Å². The highest BCUT2D eigenvalue weighted by Gasteiger charge is 2.20. The molecule has 0 spiro atoms. The molecule has 0 aliphatic carbocycles. The molecule has 0 saturated carbocycles. The van der Waals surface area contributed by atoms with Gasteiger partial charge in [0.2, 0.25) is 0 Å². The number of halogens is 2. The maximum absolute atomic E-state index is 12.2. The van der Waals surface area contributed by atoms with Gasteiger partial charge in [0.1, 0.15) is 0 Å². The molecule has 24 heavy (non-hydrogen) atoms. The van der Waals surface area contributed by atoms with Gasteiger partial charge in [0.15, 0.2) is 10.6 Å². The molecule has 0 aliphatic heterocycles. The third kappa shape index (κ3) is 4.52. The number of hydrogen-bond donors (Lipinski definition) is 2. The Morgan fingerprint density at radius 3 is 2.33 bits per heavy atom. The normalized spacial score (nSPS) is 11.4. The molecule has 2 amide bonds. The van der Waals surface area contributed by atoms with Crippen LogP contribution in [0, 0.1) is 0 Å². The Balaban J connectivity index is 2.34. The second-order valence-corrected chi connectivity index (χ2v) is 7.33. The molecule has 0 fully saturated rings. The SMILES string of the molecule is CC(C)(C)c1ccc(NC(=O)c2ccco2)c(NC(=O)C(Cl)Cl)c1. The number of carbonyl (C=O) groups excluding carboxylic acids is 2. The van der Waals surface area contributed by atoms with Crippen molar-refractivity contribution >= 4 is 46.4 Å². The number of carbonyl (C=O) groups is 2. The zero-order chi connectivity index (χ0) is 17.9. The fourth-order valence-corrected chi connectivity index (χ4v) is 2.11. The molecule has 0 atom stereocenters. The van der Waals surface area contributed by atoms with Crippen LogP contribution in [0.4, 0.5) is 11.4 Å². The number of anilines is 2. The molecule has 2 aromatic rings. The second-order valence-electron chi connectivity index (χ2n) is 6.23. The van der Waals surface area contributed by atoms with E-state index in [1.807, 2.05) is 26.8 Å². The maximum Gasteiger partial charge on any atom is 0.291 e. The largest absolute Gasteiger partial charge is 0.459 e. The lowest BCUT2D eigenvalue weighted by Crippen LogP contribution is -2.21. The first kappa shape index (κ1) is 18.4. The summed E-state index contributed by atoms with van der Waals surface area (Å²) < 4.78 is 5.06. The highest BCUT2D eigenvalue weighted by molar-refractivity contribution is 6.54. The summed E-state index contributed by atoms with van der Waals surface area (Å²) in [4.78, 5) is 22.8. The van der Waals surface area contributed by atoms with Gasteiger partial charge >= 0.3 is 0 Å². The van der Waals surface area contributed by atoms with E-state index < -0.39 is 16.7 Å². The average molecular weight is 369 g/mol. The van der Waals surface area contributed by atoms with Crippen LogP contribution in [0.5, 0.6) is 0 Å². The summed E-state index contributed by atoms with van der Waals surface area (Å²) >= 11 is 11.2. The van der Waals surface area contributed by atoms with Crippen molar-refractivity contribution in [2.45, 2.75) is 31.0 Å². The summed E-state index contributed by atoms with van der Waals surface area (Å²) in [7, 11) is 0. The molecule has 2 N–H and O–H groups in total. The Kier molecular flexibility index (Phi) is 5.57. The zero-order valence-electron chi connectivity index (χ0n) is 13.5. The van der Waals surface area contributed by atoms with Crippen molar-refractivity contribution in [3.8, 4) is 0 Å². The third-order valence-electron chi connectivity index (χ3n) is 3.33. The Morgan fingerprint density at radius 1 is 1.08 bits per heavy atom. The zero-order valence-corrected chi connectivity index (χ0v) is 15.0. The minimum atomic E-state index is -1.21. The number of rotatable bonds is 4. The summed E-state index contributed by atoms with van der Waals surface area (Å²) in [6.45, 7) is 6.13. The highest BCUT2D eigenvalue weighted by Crippen LogP contribution is 2.31. The molecule has 0 aliphatic rings. The van der Waals surface area contributed by atoms with Crippen molar-refractivity contribution in [3.63, 3.8) is 0 Å². The molecular weight excluding hydrogens is 351 g/mol. The molecule has 2 rings (SSSR count). The van der Waals surface area contributed by atoms with Gasteiger partial charge in [-0.25, -0.2) is 0 Å². The molecule has 5 nitrogen and oxygen atoms in total. The number of alkyl halides is 2. The van der Waals surface area contributed by atoms with Gasteiger partial charge < -0.3 is 15.1 Å². The van der Waals surface area contributed by atoms with Crippen LogP contribution in [-0.2, 0) is 10.2 Å². The first-order chi connectivity index (χ1) is 11.2. The van der Waals surface area contributed by atoms with Crippen LogP contribution in [-0.4, -0.2) is 16.7 Å². The number of benzene rings is 1. The predicted molar refractivity (Wildman–Crippen MR) is 95.9 cm³/mol. The molecule has 1 aromatic heterocycles. The summed E-state index contributed by atoms with van der Waals surface area (Å²) in [5.41, 5.74) is 1.68. The van der Waals surface area contributed by atoms with Crippen LogP contribution in [0.1, 0.15) is 36.9 Å². The molecule has 0 saturated heterocycles. The monoisotopic (exact) mass is 368 g/mol. The fraction of sp³-hybridized carbons (Fsp3) is 0.294. The molecule has 1 heterocycles. The lowest BCUT2D eigenvalue weighted by atomic mass is 9.86. The van der Waals surface area contributed by atoms with Crippen molar-refractivity contribution in [1.82, 2.24) is 0 Å². The van der Waals surface area contributed by atoms with E-state index in [4.69, 9.17) is 27.6 Å². The number of amides is 2. The van der Waals surface area contributed by atoms with E-state index in [0.29, 0.717) is 11.4 Å². The molecule has 0 radical (unpaired) electrons. The molecule has 0 bridgehead atoms. The van der Waals surface area contributed by atoms with Crippen molar-refractivity contribution in [3.05, 3.63) is 47.9 Å². The first-order valence-electron chi connectivity index (χ1n) is 7.27. The van der Waals surface area contributed by atoms with Gasteiger partial charge in [-0.15, -0.1) is 0 Å². The second kappa shape index (κ2) is 7.28. The van der Waals surface area contributed by atoms with E-state index in [2.05, 4.69) is 10.6 Å². The van der Waals surface area contributed by atoms with Gasteiger partial charge in [0.05, 0.1) is 17.6 Å². The predicted octanol–water partition coefficient (Wildman–Crippen LogP) is 4.57. The third-order valence-corrected chi connectivity index (χ3v) is 3.73. The van der Waals surface area contributed by atoms with Gasteiger partial charge in [0.25, 0.3) is 11.8 Å². The quantitative estimate of drug-likeness (QED) is 0.776. The van der Waals surface area contributed by atoms with E-state index in [1.54, 1.807) is 24.3 Å². The van der Waals surface area contributed by atoms with E-state index in [1.165, 1.54) is 6.26 Å². The van der Waals surface area contributed by atoms with Gasteiger partial charge in [0, 0.05) is 0 Å². The summed E-state index contributed by atoms with van der Waals surface area (Å²) in [6.07, 6.45) is 1.41. The van der Waals surface area contributed by atoms with Gasteiger partial charge in [-0.1, -0.05) is 50.0 Å². The molecule has 1 aromatic carbocycles. The van der Waals surface area contributed by atoms with E-state index in [9.17, 15) is 9.59 Å². The smallest absolute Gasteiger partial charge is 0.291 e. The van der Waals surface area contributed by atoms with Crippen LogP contribution in [0.15, 0.2) is 41.0 Å². The van der Waals surface area contributed by atoms with Crippen LogP contribution in [0.3, 0.4) is 0 Å². The Hall–Kier alpha value is -1.98. The van der Waals surface area contributed by atoms with Crippen molar-refractivity contribution in [2.75, 3.05) is 10.6 Å². The van der Waals surface area contributed by atoms with Gasteiger partial charge in [-0.3, -0.25) is 9.59 Å². The lowest BCUT2D eigenvalue weighted by Gasteiger charge is -2.22. The van der Waals surface area contributed by atoms with E-state index >= 15 is 0 Å². The molecule has 7 heteroatoms. The van der Waals surface area contributed by atoms with E-state index in [-0.39, 0.29) is 11.2 Å². The van der Waals surface area contributed by atoms with Crippen LogP contribution >= 0.6 is 23.2 Å². The number of hydrogen-bond acceptors (Lipinski definition) is 3. The number of nitrogens with one attached hydrogen (secondary N) is 2. The van der Waals surface area contributed by atoms with Crippen molar-refractivity contribution in [1.29, 1.82) is 0 Å². The molecule has 128 valence electrons. The molecular formula is C17H18Cl2N2O3. The Labute approximate surface area is 150 Å². The minimum Gasteiger partial charge on any atom is -0.459 e. The van der Waals surface area contributed by atoms with Crippen molar-refractivity contribution < 1.29 is 14.0 Å². The van der Waals surface area contributed by atoms with Crippen LogP contribution in [0.25, 0.3) is 0 Å². The van der Waals surface area contributed by atoms with Crippen LogP contribution < -0.4 is 10.6 Å². The Bertz CT molecular complexity index is 735. The first-order valence-corrected chi connectivity index (χ1v) is 8.14. The topological polar surface area (TPSA) is 71.3 Å². The average Bonchev–Trinajstić information content (AvgIpc) is 3.02. The van der Waals surface area contributed by atoms with E-state index in [0.717, 1.165) is 5.56 Å². The fourth-order valence-electron chi connectivity index (χ4n) is 2.00. The lowest BCUT2D eigenvalue weighted by molar-refractivity contribution is -0.114.